The highest BCUT2D eigenvalue weighted by atomic mass is 35.5. The number of ether oxygens (including phenoxy) is 2. The van der Waals surface area contributed by atoms with E-state index in [0.29, 0.717) is 19.2 Å². The number of nitrogens with one attached hydrogen (secondary N) is 1. The van der Waals surface area contributed by atoms with Gasteiger partial charge in [-0.25, -0.2) is 0 Å². The second-order valence-corrected chi connectivity index (χ2v) is 6.75. The minimum absolute atomic E-state index is 0.585. The van der Waals surface area contributed by atoms with Crippen LogP contribution in [-0.4, -0.2) is 81.4 Å². The lowest BCUT2D eigenvalue weighted by Gasteiger charge is -2.32. The molecule has 6 nitrogen and oxygen atoms in total. The molecule has 2 aliphatic heterocycles. The van der Waals surface area contributed by atoms with Crippen molar-refractivity contribution >= 4 is 17.6 Å². The lowest BCUT2D eigenvalue weighted by molar-refractivity contribution is 0.0195. The summed E-state index contributed by atoms with van der Waals surface area (Å²) in [7, 11) is 1.84. The molecule has 0 radical (unpaired) electrons. The van der Waals surface area contributed by atoms with E-state index in [1.165, 1.54) is 6.42 Å². The van der Waals surface area contributed by atoms with Crippen molar-refractivity contribution in [3.8, 4) is 5.75 Å². The van der Waals surface area contributed by atoms with Gasteiger partial charge in [0.2, 0.25) is 0 Å². The van der Waals surface area contributed by atoms with Crippen molar-refractivity contribution < 1.29 is 9.47 Å². The first-order valence-corrected chi connectivity index (χ1v) is 9.30. The number of benzene rings is 1. The molecule has 2 saturated heterocycles. The molecule has 7 heteroatoms. The van der Waals surface area contributed by atoms with Gasteiger partial charge in [-0.3, -0.25) is 9.89 Å². The molecule has 1 aromatic carbocycles. The van der Waals surface area contributed by atoms with Crippen molar-refractivity contribution in [3.05, 3.63) is 29.3 Å². The van der Waals surface area contributed by atoms with E-state index in [0.717, 1.165) is 56.1 Å². The van der Waals surface area contributed by atoms with Crippen molar-refractivity contribution in [1.82, 2.24) is 15.1 Å². The zero-order valence-corrected chi connectivity index (χ0v) is 15.5. The Hall–Kier alpha value is -1.50. The molecule has 138 valence electrons. The third-order valence-electron chi connectivity index (χ3n) is 4.70. The fourth-order valence-electron chi connectivity index (χ4n) is 3.37. The van der Waals surface area contributed by atoms with Crippen molar-refractivity contribution in [2.24, 2.45) is 4.99 Å². The van der Waals surface area contributed by atoms with E-state index in [9.17, 15) is 0 Å². The molecule has 1 atom stereocenters. The largest absolute Gasteiger partial charge is 0.492 e. The molecule has 1 aromatic rings. The minimum Gasteiger partial charge on any atom is -0.492 e. The SMILES string of the molecule is CN=C(NCCOc1ccc(Cl)cc1)N1CCC(N2CCOCC2)C1. The zero-order chi connectivity index (χ0) is 17.5. The highest BCUT2D eigenvalue weighted by molar-refractivity contribution is 6.30. The molecule has 1 N–H and O–H groups in total. The van der Waals surface area contributed by atoms with Crippen LogP contribution in [0.1, 0.15) is 6.42 Å². The highest BCUT2D eigenvalue weighted by Crippen LogP contribution is 2.17. The third-order valence-corrected chi connectivity index (χ3v) is 4.96. The number of nitrogens with zero attached hydrogens (tertiary/aromatic N) is 3. The molecular formula is C18H27ClN4O2. The summed E-state index contributed by atoms with van der Waals surface area (Å²) in [6.45, 7) is 7.16. The zero-order valence-electron chi connectivity index (χ0n) is 14.8. The third kappa shape index (κ3) is 5.23. The smallest absolute Gasteiger partial charge is 0.193 e. The van der Waals surface area contributed by atoms with Gasteiger partial charge in [-0.05, 0) is 30.7 Å². The molecular weight excluding hydrogens is 340 g/mol. The van der Waals surface area contributed by atoms with E-state index in [1.807, 2.05) is 31.3 Å². The van der Waals surface area contributed by atoms with E-state index in [1.54, 1.807) is 0 Å². The van der Waals surface area contributed by atoms with Crippen LogP contribution < -0.4 is 10.1 Å². The number of hydrogen-bond donors (Lipinski definition) is 1. The molecule has 0 spiro atoms. The first kappa shape index (κ1) is 18.3. The predicted octanol–water partition coefficient (Wildman–Crippen LogP) is 1.70. The Morgan fingerprint density at radius 2 is 2.04 bits per heavy atom. The van der Waals surface area contributed by atoms with Crippen LogP contribution in [0.5, 0.6) is 5.75 Å². The van der Waals surface area contributed by atoms with Gasteiger partial charge in [0.05, 0.1) is 19.8 Å². The standard InChI is InChI=1S/C18H27ClN4O2/c1-20-18(21-7-11-25-17-4-2-15(19)3-5-17)23-8-6-16(14-23)22-9-12-24-13-10-22/h2-5,16H,6-14H2,1H3,(H,20,21). The first-order valence-electron chi connectivity index (χ1n) is 8.92. The summed E-state index contributed by atoms with van der Waals surface area (Å²) < 4.78 is 11.2. The predicted molar refractivity (Wildman–Crippen MR) is 101 cm³/mol. The number of halogens is 1. The summed E-state index contributed by atoms with van der Waals surface area (Å²) in [6.07, 6.45) is 1.18. The van der Waals surface area contributed by atoms with Crippen molar-refractivity contribution in [3.63, 3.8) is 0 Å². The Morgan fingerprint density at radius 3 is 2.76 bits per heavy atom. The first-order chi connectivity index (χ1) is 12.3. The maximum atomic E-state index is 5.87. The maximum absolute atomic E-state index is 5.87. The molecule has 0 aromatic heterocycles. The molecule has 25 heavy (non-hydrogen) atoms. The number of rotatable bonds is 5. The van der Waals surface area contributed by atoms with Crippen LogP contribution >= 0.6 is 11.6 Å². The van der Waals surface area contributed by atoms with Gasteiger partial charge in [0.15, 0.2) is 5.96 Å². The van der Waals surface area contributed by atoms with E-state index < -0.39 is 0 Å². The number of aliphatic imine (C=N–C) groups is 1. The molecule has 0 saturated carbocycles. The summed E-state index contributed by atoms with van der Waals surface area (Å²) in [4.78, 5) is 9.30. The Bertz CT molecular complexity index is 561. The van der Waals surface area contributed by atoms with Crippen molar-refractivity contribution in [2.45, 2.75) is 12.5 Å². The Labute approximate surface area is 154 Å². The average Bonchev–Trinajstić information content (AvgIpc) is 3.14. The molecule has 2 fully saturated rings. The van der Waals surface area contributed by atoms with E-state index in [2.05, 4.69) is 20.1 Å². The Morgan fingerprint density at radius 1 is 1.28 bits per heavy atom. The lowest BCUT2D eigenvalue weighted by atomic mass is 10.2. The second kappa shape index (κ2) is 9.27. The molecule has 0 aliphatic carbocycles. The average molecular weight is 367 g/mol. The number of hydrogen-bond acceptors (Lipinski definition) is 4. The molecule has 3 rings (SSSR count). The van der Waals surface area contributed by atoms with Crippen LogP contribution in [0.25, 0.3) is 0 Å². The molecule has 2 heterocycles. The fraction of sp³-hybridized carbons (Fsp3) is 0.611. The number of morpholine rings is 1. The quantitative estimate of drug-likeness (QED) is 0.488. The molecule has 0 bridgehead atoms. The normalized spacial score (nSPS) is 22.2. The monoisotopic (exact) mass is 366 g/mol. The second-order valence-electron chi connectivity index (χ2n) is 6.31. The number of likely N-dealkylation sites (tertiary alicyclic amines) is 1. The van der Waals surface area contributed by atoms with Gasteiger partial charge < -0.3 is 19.7 Å². The van der Waals surface area contributed by atoms with Crippen LogP contribution in [0.3, 0.4) is 0 Å². The molecule has 1 unspecified atom stereocenters. The lowest BCUT2D eigenvalue weighted by Crippen LogP contribution is -2.47. The van der Waals surface area contributed by atoms with Gasteiger partial charge in [-0.15, -0.1) is 0 Å². The van der Waals surface area contributed by atoms with Gasteiger partial charge in [0.25, 0.3) is 0 Å². The van der Waals surface area contributed by atoms with Gasteiger partial charge in [-0.2, -0.15) is 0 Å². The summed E-state index contributed by atoms with van der Waals surface area (Å²) >= 11 is 5.87. The summed E-state index contributed by atoms with van der Waals surface area (Å²) in [5, 5.41) is 4.12. The Balaban J connectivity index is 1.39. The van der Waals surface area contributed by atoms with Crippen LogP contribution in [-0.2, 0) is 4.74 Å². The summed E-state index contributed by atoms with van der Waals surface area (Å²) in [5.74, 6) is 1.78. The Kier molecular flexibility index (Phi) is 6.78. The van der Waals surface area contributed by atoms with Crippen LogP contribution in [0.4, 0.5) is 0 Å². The number of guanidine groups is 1. The topological polar surface area (TPSA) is 49.3 Å². The van der Waals surface area contributed by atoms with E-state index in [4.69, 9.17) is 21.1 Å². The highest BCUT2D eigenvalue weighted by Gasteiger charge is 2.30. The van der Waals surface area contributed by atoms with Crippen LogP contribution in [0.15, 0.2) is 29.3 Å². The van der Waals surface area contributed by atoms with Crippen molar-refractivity contribution in [2.75, 3.05) is 59.6 Å². The molecule has 0 amide bonds. The van der Waals surface area contributed by atoms with Gasteiger partial charge in [0, 0.05) is 44.3 Å². The van der Waals surface area contributed by atoms with Crippen LogP contribution in [0, 0.1) is 0 Å². The minimum atomic E-state index is 0.585. The van der Waals surface area contributed by atoms with E-state index >= 15 is 0 Å². The van der Waals surface area contributed by atoms with Crippen LogP contribution in [0.2, 0.25) is 5.02 Å². The van der Waals surface area contributed by atoms with E-state index in [-0.39, 0.29) is 0 Å². The fourth-order valence-corrected chi connectivity index (χ4v) is 3.50. The maximum Gasteiger partial charge on any atom is 0.193 e. The molecule has 2 aliphatic rings. The summed E-state index contributed by atoms with van der Waals surface area (Å²) in [5.41, 5.74) is 0. The van der Waals surface area contributed by atoms with Gasteiger partial charge in [0.1, 0.15) is 12.4 Å². The summed E-state index contributed by atoms with van der Waals surface area (Å²) in [6, 6.07) is 8.03. The van der Waals surface area contributed by atoms with Crippen molar-refractivity contribution in [1.29, 1.82) is 0 Å². The van der Waals surface area contributed by atoms with Gasteiger partial charge >= 0.3 is 0 Å². The van der Waals surface area contributed by atoms with Gasteiger partial charge in [-0.1, -0.05) is 11.6 Å².